The normalized spacial score (nSPS) is 13.4. The lowest BCUT2D eigenvalue weighted by atomic mass is 10.1. The SMILES string of the molecule is COCOc1ccc(NC(=O)N2CCCCc3cc([N+](=O)[O-])ccc32)cc1. The van der Waals surface area contributed by atoms with E-state index in [4.69, 9.17) is 9.47 Å². The minimum Gasteiger partial charge on any atom is -0.468 e. The van der Waals surface area contributed by atoms with Crippen LogP contribution < -0.4 is 15.0 Å². The van der Waals surface area contributed by atoms with E-state index in [0.717, 1.165) is 24.1 Å². The summed E-state index contributed by atoms with van der Waals surface area (Å²) in [4.78, 5) is 25.0. The number of urea groups is 1. The summed E-state index contributed by atoms with van der Waals surface area (Å²) in [5, 5.41) is 13.9. The Labute approximate surface area is 156 Å². The molecule has 0 saturated carbocycles. The summed E-state index contributed by atoms with van der Waals surface area (Å²) in [5.41, 5.74) is 2.22. The Bertz CT molecular complexity index is 823. The number of carbonyl (C=O) groups is 1. The fraction of sp³-hybridized carbons (Fsp3) is 0.316. The number of nitrogens with one attached hydrogen (secondary N) is 1. The number of nitro groups is 1. The van der Waals surface area contributed by atoms with Gasteiger partial charge in [-0.05, 0) is 55.2 Å². The number of nitro benzene ring substituents is 1. The number of rotatable bonds is 5. The molecule has 142 valence electrons. The number of amides is 2. The topological polar surface area (TPSA) is 93.9 Å². The molecule has 0 saturated heterocycles. The maximum atomic E-state index is 12.8. The van der Waals surface area contributed by atoms with Gasteiger partial charge >= 0.3 is 6.03 Å². The van der Waals surface area contributed by atoms with E-state index in [1.165, 1.54) is 6.07 Å². The smallest absolute Gasteiger partial charge is 0.326 e. The zero-order chi connectivity index (χ0) is 19.2. The highest BCUT2D eigenvalue weighted by molar-refractivity contribution is 6.02. The molecule has 3 rings (SSSR count). The largest absolute Gasteiger partial charge is 0.468 e. The van der Waals surface area contributed by atoms with Crippen LogP contribution in [0.2, 0.25) is 0 Å². The molecule has 1 aliphatic heterocycles. The molecule has 1 heterocycles. The van der Waals surface area contributed by atoms with Crippen molar-refractivity contribution in [3.05, 3.63) is 58.1 Å². The number of nitrogens with zero attached hydrogens (tertiary/aromatic N) is 2. The molecule has 2 aromatic rings. The first kappa shape index (κ1) is 18.7. The Morgan fingerprint density at radius 3 is 2.70 bits per heavy atom. The standard InChI is InChI=1S/C19H21N3O5/c1-26-13-27-17-8-5-15(6-9-17)20-19(23)21-11-3-2-4-14-12-16(22(24)25)7-10-18(14)21/h5-10,12H,2-4,11,13H2,1H3,(H,20,23). The number of non-ortho nitro benzene ring substituents is 1. The molecule has 0 fully saturated rings. The van der Waals surface area contributed by atoms with Crippen molar-refractivity contribution in [3.63, 3.8) is 0 Å². The molecule has 0 radical (unpaired) electrons. The third kappa shape index (κ3) is 4.53. The van der Waals surface area contributed by atoms with Crippen LogP contribution in [0.3, 0.4) is 0 Å². The van der Waals surface area contributed by atoms with Crippen LogP contribution in [-0.2, 0) is 11.2 Å². The number of fused-ring (bicyclic) bond motifs is 1. The molecule has 0 unspecified atom stereocenters. The van der Waals surface area contributed by atoms with Gasteiger partial charge in [-0.3, -0.25) is 15.0 Å². The van der Waals surface area contributed by atoms with Gasteiger partial charge in [0, 0.05) is 37.2 Å². The van der Waals surface area contributed by atoms with Crippen LogP contribution >= 0.6 is 0 Å². The Morgan fingerprint density at radius 1 is 1.22 bits per heavy atom. The second kappa shape index (κ2) is 8.50. The molecule has 1 aliphatic rings. The summed E-state index contributed by atoms with van der Waals surface area (Å²) in [5.74, 6) is 0.641. The third-order valence-corrected chi connectivity index (χ3v) is 4.34. The monoisotopic (exact) mass is 371 g/mol. The number of carbonyl (C=O) groups excluding carboxylic acids is 1. The number of ether oxygens (including phenoxy) is 2. The van der Waals surface area contributed by atoms with E-state index in [-0.39, 0.29) is 18.5 Å². The predicted molar refractivity (Wildman–Crippen MR) is 101 cm³/mol. The van der Waals surface area contributed by atoms with Crippen LogP contribution in [0.25, 0.3) is 0 Å². The van der Waals surface area contributed by atoms with Crippen molar-refractivity contribution in [3.8, 4) is 5.75 Å². The minimum atomic E-state index is -0.414. The predicted octanol–water partition coefficient (Wildman–Crippen LogP) is 3.95. The molecule has 0 bridgehead atoms. The zero-order valence-electron chi connectivity index (χ0n) is 15.0. The summed E-state index contributed by atoms with van der Waals surface area (Å²) < 4.78 is 10.2. The van der Waals surface area contributed by atoms with Crippen LogP contribution in [0.4, 0.5) is 21.9 Å². The Balaban J connectivity index is 1.75. The molecule has 0 aromatic heterocycles. The van der Waals surface area contributed by atoms with Gasteiger partial charge in [0.05, 0.1) is 4.92 Å². The minimum absolute atomic E-state index is 0.0441. The summed E-state index contributed by atoms with van der Waals surface area (Å²) in [6.07, 6.45) is 2.43. The van der Waals surface area contributed by atoms with Gasteiger partial charge in [0.15, 0.2) is 6.79 Å². The van der Waals surface area contributed by atoms with Gasteiger partial charge < -0.3 is 14.8 Å². The fourth-order valence-corrected chi connectivity index (χ4v) is 3.02. The number of hydrogen-bond acceptors (Lipinski definition) is 5. The Kier molecular flexibility index (Phi) is 5.87. The van der Waals surface area contributed by atoms with E-state index in [2.05, 4.69) is 5.32 Å². The summed E-state index contributed by atoms with van der Waals surface area (Å²) >= 11 is 0. The van der Waals surface area contributed by atoms with Crippen LogP contribution in [-0.4, -0.2) is 31.4 Å². The molecule has 1 N–H and O–H groups in total. The first-order chi connectivity index (χ1) is 13.1. The van der Waals surface area contributed by atoms with E-state index in [9.17, 15) is 14.9 Å². The molecule has 8 heteroatoms. The van der Waals surface area contributed by atoms with Gasteiger partial charge in [0.2, 0.25) is 0 Å². The first-order valence-corrected chi connectivity index (χ1v) is 8.66. The van der Waals surface area contributed by atoms with Gasteiger partial charge in [-0.15, -0.1) is 0 Å². The van der Waals surface area contributed by atoms with Gasteiger partial charge in [0.1, 0.15) is 5.75 Å². The van der Waals surface area contributed by atoms with Gasteiger partial charge in [-0.25, -0.2) is 4.79 Å². The van der Waals surface area contributed by atoms with Crippen LogP contribution in [0, 0.1) is 10.1 Å². The summed E-state index contributed by atoms with van der Waals surface area (Å²) in [6, 6.07) is 11.4. The second-order valence-corrected chi connectivity index (χ2v) is 6.18. The molecule has 0 atom stereocenters. The van der Waals surface area contributed by atoms with E-state index >= 15 is 0 Å². The van der Waals surface area contributed by atoms with Crippen LogP contribution in [0.1, 0.15) is 18.4 Å². The lowest BCUT2D eigenvalue weighted by Gasteiger charge is -2.23. The highest BCUT2D eigenvalue weighted by Crippen LogP contribution is 2.30. The molecular formula is C19H21N3O5. The fourth-order valence-electron chi connectivity index (χ4n) is 3.02. The van der Waals surface area contributed by atoms with Crippen molar-refractivity contribution in [1.29, 1.82) is 0 Å². The lowest BCUT2D eigenvalue weighted by molar-refractivity contribution is -0.384. The van der Waals surface area contributed by atoms with Crippen LogP contribution in [0.15, 0.2) is 42.5 Å². The van der Waals surface area contributed by atoms with Crippen molar-refractivity contribution in [2.45, 2.75) is 19.3 Å². The molecule has 0 spiro atoms. The van der Waals surface area contributed by atoms with Crippen molar-refractivity contribution in [2.24, 2.45) is 0 Å². The third-order valence-electron chi connectivity index (χ3n) is 4.34. The maximum absolute atomic E-state index is 12.8. The van der Waals surface area contributed by atoms with Crippen LogP contribution in [0.5, 0.6) is 5.75 Å². The quantitative estimate of drug-likeness (QED) is 0.488. The van der Waals surface area contributed by atoms with Crippen molar-refractivity contribution >= 4 is 23.1 Å². The summed E-state index contributed by atoms with van der Waals surface area (Å²) in [6.45, 7) is 0.716. The first-order valence-electron chi connectivity index (χ1n) is 8.66. The lowest BCUT2D eigenvalue weighted by Crippen LogP contribution is -2.35. The summed E-state index contributed by atoms with van der Waals surface area (Å²) in [7, 11) is 1.54. The molecule has 2 amide bonds. The van der Waals surface area contributed by atoms with E-state index in [1.807, 2.05) is 0 Å². The highest BCUT2D eigenvalue weighted by Gasteiger charge is 2.23. The number of aryl methyl sites for hydroxylation is 1. The average molecular weight is 371 g/mol. The number of anilines is 2. The van der Waals surface area contributed by atoms with E-state index in [0.29, 0.717) is 24.4 Å². The highest BCUT2D eigenvalue weighted by atomic mass is 16.7. The average Bonchev–Trinajstić information content (AvgIpc) is 2.89. The maximum Gasteiger partial charge on any atom is 0.326 e. The number of hydrogen-bond donors (Lipinski definition) is 1. The van der Waals surface area contributed by atoms with E-state index in [1.54, 1.807) is 48.4 Å². The molecular weight excluding hydrogens is 350 g/mol. The molecule has 27 heavy (non-hydrogen) atoms. The van der Waals surface area contributed by atoms with Crippen molar-refractivity contribution in [1.82, 2.24) is 0 Å². The van der Waals surface area contributed by atoms with Gasteiger partial charge in [0.25, 0.3) is 5.69 Å². The molecule has 8 nitrogen and oxygen atoms in total. The number of methoxy groups -OCH3 is 1. The van der Waals surface area contributed by atoms with E-state index < -0.39 is 4.92 Å². The zero-order valence-corrected chi connectivity index (χ0v) is 15.0. The van der Waals surface area contributed by atoms with Crippen molar-refractivity contribution in [2.75, 3.05) is 30.7 Å². The van der Waals surface area contributed by atoms with Crippen molar-refractivity contribution < 1.29 is 19.2 Å². The number of benzene rings is 2. The Morgan fingerprint density at radius 2 is 2.00 bits per heavy atom. The second-order valence-electron chi connectivity index (χ2n) is 6.18. The Hall–Kier alpha value is -3.13. The van der Waals surface area contributed by atoms with Gasteiger partial charge in [-0.2, -0.15) is 0 Å². The molecule has 2 aromatic carbocycles. The van der Waals surface area contributed by atoms with Gasteiger partial charge in [-0.1, -0.05) is 0 Å². The molecule has 0 aliphatic carbocycles.